The molecule has 0 N–H and O–H groups in total. The standard InChI is InChI=1S/C16H11N3OS2/c1-20-16-19-14(8-21-16)12-5-11(10-3-2-4-17-7-10)6-13-15(12)22-9-18-13/h2-9H,1H3. The number of hydrogen-bond donors (Lipinski definition) is 0. The number of ether oxygens (including phenoxy) is 1. The SMILES string of the molecule is COc1nc(-c2cc(-c3cccnc3)cc3ncsc23)cs1. The van der Waals surface area contributed by atoms with E-state index in [0.29, 0.717) is 5.19 Å². The monoisotopic (exact) mass is 325 g/mol. The zero-order valence-corrected chi connectivity index (χ0v) is 13.3. The fraction of sp³-hybridized carbons (Fsp3) is 0.0625. The van der Waals surface area contributed by atoms with Gasteiger partial charge in [0.05, 0.1) is 28.5 Å². The fourth-order valence-corrected chi connectivity index (χ4v) is 3.77. The predicted molar refractivity (Wildman–Crippen MR) is 90.5 cm³/mol. The second-order valence-electron chi connectivity index (χ2n) is 4.67. The van der Waals surface area contributed by atoms with E-state index in [4.69, 9.17) is 4.74 Å². The predicted octanol–water partition coefficient (Wildman–Crippen LogP) is 4.49. The van der Waals surface area contributed by atoms with Crippen LogP contribution in [-0.2, 0) is 0 Å². The van der Waals surface area contributed by atoms with Gasteiger partial charge in [0.25, 0.3) is 5.19 Å². The quantitative estimate of drug-likeness (QED) is 0.557. The molecular formula is C16H11N3OS2. The van der Waals surface area contributed by atoms with Gasteiger partial charge in [-0.25, -0.2) is 9.97 Å². The smallest absolute Gasteiger partial charge is 0.273 e. The number of rotatable bonds is 3. The molecule has 0 aliphatic rings. The Morgan fingerprint density at radius 1 is 1.14 bits per heavy atom. The van der Waals surface area contributed by atoms with Crippen molar-refractivity contribution in [1.29, 1.82) is 0 Å². The molecule has 0 saturated heterocycles. The molecule has 0 fully saturated rings. The van der Waals surface area contributed by atoms with Crippen LogP contribution in [0.4, 0.5) is 0 Å². The van der Waals surface area contributed by atoms with Gasteiger partial charge in [-0.1, -0.05) is 17.4 Å². The van der Waals surface area contributed by atoms with Crippen LogP contribution in [0, 0.1) is 0 Å². The molecule has 0 bridgehead atoms. The second-order valence-corrected chi connectivity index (χ2v) is 6.34. The number of pyridine rings is 1. The van der Waals surface area contributed by atoms with E-state index in [1.165, 1.54) is 11.3 Å². The molecule has 0 radical (unpaired) electrons. The number of fused-ring (bicyclic) bond motifs is 1. The van der Waals surface area contributed by atoms with Crippen molar-refractivity contribution in [3.8, 4) is 27.6 Å². The van der Waals surface area contributed by atoms with Crippen LogP contribution in [0.3, 0.4) is 0 Å². The molecule has 4 nitrogen and oxygen atoms in total. The summed E-state index contributed by atoms with van der Waals surface area (Å²) < 4.78 is 6.35. The molecule has 3 aromatic heterocycles. The maximum atomic E-state index is 5.21. The molecule has 4 aromatic rings. The Labute approximate surface area is 135 Å². The lowest BCUT2D eigenvalue weighted by atomic mass is 10.0. The molecule has 0 spiro atoms. The third kappa shape index (κ3) is 2.26. The highest BCUT2D eigenvalue weighted by molar-refractivity contribution is 7.17. The van der Waals surface area contributed by atoms with Gasteiger partial charge in [0.15, 0.2) is 0 Å². The van der Waals surface area contributed by atoms with E-state index < -0.39 is 0 Å². The summed E-state index contributed by atoms with van der Waals surface area (Å²) in [6.07, 6.45) is 3.63. The third-order valence-electron chi connectivity index (χ3n) is 3.36. The van der Waals surface area contributed by atoms with Crippen molar-refractivity contribution in [3.63, 3.8) is 0 Å². The number of nitrogens with zero attached hydrogens (tertiary/aromatic N) is 3. The first-order valence-corrected chi connectivity index (χ1v) is 8.38. The van der Waals surface area contributed by atoms with Crippen molar-refractivity contribution >= 4 is 32.9 Å². The van der Waals surface area contributed by atoms with Crippen LogP contribution in [0.1, 0.15) is 0 Å². The summed E-state index contributed by atoms with van der Waals surface area (Å²) in [6.45, 7) is 0. The Balaban J connectivity index is 1.95. The van der Waals surface area contributed by atoms with Gasteiger partial charge in [0.2, 0.25) is 0 Å². The van der Waals surface area contributed by atoms with Crippen LogP contribution in [-0.4, -0.2) is 22.1 Å². The Morgan fingerprint density at radius 2 is 2.09 bits per heavy atom. The summed E-state index contributed by atoms with van der Waals surface area (Å²) in [5.74, 6) is 0. The van der Waals surface area contributed by atoms with Crippen molar-refractivity contribution in [2.45, 2.75) is 0 Å². The zero-order valence-electron chi connectivity index (χ0n) is 11.7. The Morgan fingerprint density at radius 3 is 2.86 bits per heavy atom. The highest BCUT2D eigenvalue weighted by atomic mass is 32.1. The van der Waals surface area contributed by atoms with Crippen LogP contribution in [0.15, 0.2) is 47.5 Å². The summed E-state index contributed by atoms with van der Waals surface area (Å²) in [5.41, 5.74) is 7.01. The van der Waals surface area contributed by atoms with Crippen molar-refractivity contribution in [2.24, 2.45) is 0 Å². The number of aromatic nitrogens is 3. The maximum Gasteiger partial charge on any atom is 0.273 e. The first-order valence-electron chi connectivity index (χ1n) is 6.62. The molecule has 22 heavy (non-hydrogen) atoms. The summed E-state index contributed by atoms with van der Waals surface area (Å²) in [6, 6.07) is 8.22. The first-order chi connectivity index (χ1) is 10.8. The number of thiazole rings is 2. The van der Waals surface area contributed by atoms with Crippen molar-refractivity contribution in [1.82, 2.24) is 15.0 Å². The molecule has 0 amide bonds. The Bertz CT molecular complexity index is 931. The minimum Gasteiger partial charge on any atom is -0.473 e. The van der Waals surface area contributed by atoms with Crippen LogP contribution < -0.4 is 4.74 Å². The van der Waals surface area contributed by atoms with E-state index in [0.717, 1.165) is 32.6 Å². The molecule has 1 aromatic carbocycles. The fourth-order valence-electron chi connectivity index (χ4n) is 2.33. The molecule has 4 rings (SSSR count). The highest BCUT2D eigenvalue weighted by Gasteiger charge is 2.13. The number of benzene rings is 1. The van der Waals surface area contributed by atoms with Gasteiger partial charge in [-0.2, -0.15) is 0 Å². The van der Waals surface area contributed by atoms with Crippen LogP contribution >= 0.6 is 22.7 Å². The lowest BCUT2D eigenvalue weighted by Gasteiger charge is -2.05. The maximum absolute atomic E-state index is 5.21. The summed E-state index contributed by atoms with van der Waals surface area (Å²) in [5, 5.41) is 2.68. The number of methoxy groups -OCH3 is 1. The van der Waals surface area contributed by atoms with E-state index in [1.807, 2.05) is 29.2 Å². The third-order valence-corrected chi connectivity index (χ3v) is 5.04. The van der Waals surface area contributed by atoms with Crippen LogP contribution in [0.5, 0.6) is 5.19 Å². The molecule has 0 saturated carbocycles. The first kappa shape index (κ1) is 13.4. The van der Waals surface area contributed by atoms with Crippen LogP contribution in [0.2, 0.25) is 0 Å². The van der Waals surface area contributed by atoms with E-state index >= 15 is 0 Å². The minimum atomic E-state index is 0.666. The lowest BCUT2D eigenvalue weighted by Crippen LogP contribution is -1.85. The summed E-state index contributed by atoms with van der Waals surface area (Å²) in [4.78, 5) is 13.2. The van der Waals surface area contributed by atoms with Crippen molar-refractivity contribution < 1.29 is 4.74 Å². The van der Waals surface area contributed by atoms with E-state index in [1.54, 1.807) is 24.6 Å². The van der Waals surface area contributed by atoms with Gasteiger partial charge in [-0.15, -0.1) is 11.3 Å². The second kappa shape index (κ2) is 5.47. The van der Waals surface area contributed by atoms with E-state index in [9.17, 15) is 0 Å². The van der Waals surface area contributed by atoms with Gasteiger partial charge in [-0.05, 0) is 23.8 Å². The topological polar surface area (TPSA) is 47.9 Å². The van der Waals surface area contributed by atoms with E-state index in [2.05, 4.69) is 27.1 Å². The molecular weight excluding hydrogens is 314 g/mol. The summed E-state index contributed by atoms with van der Waals surface area (Å²) in [7, 11) is 1.64. The van der Waals surface area contributed by atoms with Crippen LogP contribution in [0.25, 0.3) is 32.6 Å². The van der Waals surface area contributed by atoms with Gasteiger partial charge in [-0.3, -0.25) is 4.98 Å². The average molecular weight is 325 g/mol. The summed E-state index contributed by atoms with van der Waals surface area (Å²) >= 11 is 3.12. The molecule has 0 aliphatic carbocycles. The normalized spacial score (nSPS) is 11.0. The molecule has 0 atom stereocenters. The molecule has 0 aliphatic heterocycles. The van der Waals surface area contributed by atoms with Gasteiger partial charge < -0.3 is 4.74 Å². The largest absolute Gasteiger partial charge is 0.473 e. The van der Waals surface area contributed by atoms with E-state index in [-0.39, 0.29) is 0 Å². The average Bonchev–Trinajstić information content (AvgIpc) is 3.23. The minimum absolute atomic E-state index is 0.666. The molecule has 3 heterocycles. The van der Waals surface area contributed by atoms with Gasteiger partial charge in [0, 0.05) is 28.9 Å². The van der Waals surface area contributed by atoms with Gasteiger partial charge in [0.1, 0.15) is 0 Å². The van der Waals surface area contributed by atoms with Crippen molar-refractivity contribution in [2.75, 3.05) is 7.11 Å². The number of hydrogen-bond acceptors (Lipinski definition) is 6. The molecule has 0 unspecified atom stereocenters. The Hall–Kier alpha value is -2.31. The molecule has 6 heteroatoms. The van der Waals surface area contributed by atoms with Gasteiger partial charge >= 0.3 is 0 Å². The zero-order chi connectivity index (χ0) is 14.9. The van der Waals surface area contributed by atoms with Crippen molar-refractivity contribution in [3.05, 3.63) is 47.5 Å². The Kier molecular flexibility index (Phi) is 3.32. The highest BCUT2D eigenvalue weighted by Crippen LogP contribution is 2.37. The lowest BCUT2D eigenvalue weighted by molar-refractivity contribution is 0.412. The molecule has 108 valence electrons.